The fraction of sp³-hybridized carbons (Fsp3) is 0.267. The molecule has 1 aromatic heterocycles. The highest BCUT2D eigenvalue weighted by atomic mass is 16.6. The predicted octanol–water partition coefficient (Wildman–Crippen LogP) is 3.31. The maximum Gasteiger partial charge on any atom is 0.333 e. The minimum absolute atomic E-state index is 0.0361. The van der Waals surface area contributed by atoms with Crippen LogP contribution in [0.2, 0.25) is 0 Å². The number of rotatable bonds is 6. The standard InChI is InChI=1S/C15H17N3O3/c1-3-21-14-6-4-5-13(15(14)18(19)20)17-10-12-7-8-16-9-11(12)2/h4-9,17H,3,10H2,1-2H3. The number of nitrogens with zero attached hydrogens (tertiary/aromatic N) is 2. The normalized spacial score (nSPS) is 10.2. The van der Waals surface area contributed by atoms with Crippen LogP contribution in [0.15, 0.2) is 36.7 Å². The van der Waals surface area contributed by atoms with Crippen molar-refractivity contribution in [3.05, 3.63) is 57.9 Å². The molecule has 1 heterocycles. The Morgan fingerprint density at radius 2 is 2.19 bits per heavy atom. The summed E-state index contributed by atoms with van der Waals surface area (Å²) in [4.78, 5) is 14.9. The summed E-state index contributed by atoms with van der Waals surface area (Å²) in [5.41, 5.74) is 2.49. The van der Waals surface area contributed by atoms with E-state index in [0.717, 1.165) is 11.1 Å². The molecular weight excluding hydrogens is 270 g/mol. The van der Waals surface area contributed by atoms with E-state index < -0.39 is 4.92 Å². The molecule has 0 saturated carbocycles. The molecule has 0 saturated heterocycles. The fourth-order valence-electron chi connectivity index (χ4n) is 2.02. The monoisotopic (exact) mass is 287 g/mol. The summed E-state index contributed by atoms with van der Waals surface area (Å²) in [5.74, 6) is 0.277. The number of aromatic nitrogens is 1. The van der Waals surface area contributed by atoms with E-state index in [4.69, 9.17) is 4.74 Å². The zero-order valence-corrected chi connectivity index (χ0v) is 12.0. The minimum atomic E-state index is -0.424. The van der Waals surface area contributed by atoms with Gasteiger partial charge in [-0.25, -0.2) is 0 Å². The third kappa shape index (κ3) is 3.47. The number of hydrogen-bond acceptors (Lipinski definition) is 5. The third-order valence-electron chi connectivity index (χ3n) is 3.09. The van der Waals surface area contributed by atoms with Crippen LogP contribution in [0.4, 0.5) is 11.4 Å². The van der Waals surface area contributed by atoms with Gasteiger partial charge >= 0.3 is 5.69 Å². The van der Waals surface area contributed by atoms with Crippen molar-refractivity contribution in [2.75, 3.05) is 11.9 Å². The van der Waals surface area contributed by atoms with Crippen LogP contribution in [0.25, 0.3) is 0 Å². The van der Waals surface area contributed by atoms with Crippen LogP contribution in [0, 0.1) is 17.0 Å². The average Bonchev–Trinajstić information content (AvgIpc) is 2.46. The van der Waals surface area contributed by atoms with E-state index >= 15 is 0 Å². The fourth-order valence-corrected chi connectivity index (χ4v) is 2.02. The Balaban J connectivity index is 2.25. The Morgan fingerprint density at radius 1 is 1.38 bits per heavy atom. The van der Waals surface area contributed by atoms with E-state index in [1.54, 1.807) is 37.5 Å². The number of aryl methyl sites for hydroxylation is 1. The van der Waals surface area contributed by atoms with Crippen molar-refractivity contribution in [3.63, 3.8) is 0 Å². The molecule has 2 rings (SSSR count). The van der Waals surface area contributed by atoms with Crippen LogP contribution in [-0.2, 0) is 6.54 Å². The van der Waals surface area contributed by atoms with E-state index in [-0.39, 0.29) is 11.4 Å². The molecule has 2 aromatic rings. The molecule has 0 aliphatic carbocycles. The third-order valence-corrected chi connectivity index (χ3v) is 3.09. The first-order valence-corrected chi connectivity index (χ1v) is 6.67. The second-order valence-corrected chi connectivity index (χ2v) is 4.50. The molecule has 0 radical (unpaired) electrons. The summed E-state index contributed by atoms with van der Waals surface area (Å²) >= 11 is 0. The van der Waals surface area contributed by atoms with Crippen molar-refractivity contribution in [1.29, 1.82) is 0 Å². The van der Waals surface area contributed by atoms with Crippen LogP contribution in [0.5, 0.6) is 5.75 Å². The number of nitro benzene ring substituents is 1. The first-order valence-electron chi connectivity index (χ1n) is 6.67. The maximum atomic E-state index is 11.3. The lowest BCUT2D eigenvalue weighted by Crippen LogP contribution is -2.06. The Kier molecular flexibility index (Phi) is 4.71. The maximum absolute atomic E-state index is 11.3. The van der Waals surface area contributed by atoms with Gasteiger partial charge in [-0.15, -0.1) is 0 Å². The molecule has 21 heavy (non-hydrogen) atoms. The van der Waals surface area contributed by atoms with Gasteiger partial charge in [0.15, 0.2) is 5.75 Å². The lowest BCUT2D eigenvalue weighted by Gasteiger charge is -2.11. The molecule has 0 spiro atoms. The first-order chi connectivity index (χ1) is 10.1. The number of pyridine rings is 1. The Bertz CT molecular complexity index is 644. The SMILES string of the molecule is CCOc1cccc(NCc2ccncc2C)c1[N+](=O)[O-]. The van der Waals surface area contributed by atoms with E-state index in [2.05, 4.69) is 10.3 Å². The van der Waals surface area contributed by atoms with Crippen molar-refractivity contribution in [3.8, 4) is 5.75 Å². The average molecular weight is 287 g/mol. The lowest BCUT2D eigenvalue weighted by atomic mass is 10.1. The molecule has 0 unspecified atom stereocenters. The van der Waals surface area contributed by atoms with Gasteiger partial charge < -0.3 is 10.1 Å². The van der Waals surface area contributed by atoms with Crippen LogP contribution in [0.1, 0.15) is 18.1 Å². The molecule has 110 valence electrons. The molecule has 6 heteroatoms. The largest absolute Gasteiger partial charge is 0.487 e. The van der Waals surface area contributed by atoms with Gasteiger partial charge in [0.2, 0.25) is 0 Å². The van der Waals surface area contributed by atoms with Crippen molar-refractivity contribution < 1.29 is 9.66 Å². The highest BCUT2D eigenvalue weighted by Gasteiger charge is 2.20. The topological polar surface area (TPSA) is 77.3 Å². The molecule has 0 aliphatic rings. The summed E-state index contributed by atoms with van der Waals surface area (Å²) in [6.45, 7) is 4.62. The van der Waals surface area contributed by atoms with Crippen LogP contribution in [-0.4, -0.2) is 16.5 Å². The van der Waals surface area contributed by atoms with Gasteiger partial charge in [0.1, 0.15) is 5.69 Å². The highest BCUT2D eigenvalue weighted by molar-refractivity contribution is 5.68. The molecule has 0 amide bonds. The van der Waals surface area contributed by atoms with Gasteiger partial charge in [-0.1, -0.05) is 6.07 Å². The molecule has 0 fully saturated rings. The number of para-hydroxylation sites is 1. The van der Waals surface area contributed by atoms with Gasteiger partial charge in [-0.3, -0.25) is 15.1 Å². The molecule has 0 bridgehead atoms. The molecular formula is C15H17N3O3. The predicted molar refractivity (Wildman–Crippen MR) is 80.6 cm³/mol. The van der Waals surface area contributed by atoms with E-state index in [0.29, 0.717) is 18.8 Å². The molecule has 0 atom stereocenters. The van der Waals surface area contributed by atoms with Crippen molar-refractivity contribution in [2.24, 2.45) is 0 Å². The molecule has 6 nitrogen and oxygen atoms in total. The smallest absolute Gasteiger partial charge is 0.333 e. The molecule has 0 aliphatic heterocycles. The van der Waals surface area contributed by atoms with Gasteiger partial charge in [0.25, 0.3) is 0 Å². The number of nitro groups is 1. The van der Waals surface area contributed by atoms with Gasteiger partial charge in [-0.05, 0) is 43.2 Å². The zero-order valence-electron chi connectivity index (χ0n) is 12.0. The second kappa shape index (κ2) is 6.69. The summed E-state index contributed by atoms with van der Waals surface area (Å²) < 4.78 is 5.32. The van der Waals surface area contributed by atoms with Gasteiger partial charge in [0, 0.05) is 18.9 Å². The first kappa shape index (κ1) is 14.8. The lowest BCUT2D eigenvalue weighted by molar-refractivity contribution is -0.384. The molecule has 1 N–H and O–H groups in total. The Hall–Kier alpha value is -2.63. The summed E-state index contributed by atoms with van der Waals surface area (Å²) in [5, 5.41) is 14.4. The van der Waals surface area contributed by atoms with Crippen LogP contribution in [0.3, 0.4) is 0 Å². The van der Waals surface area contributed by atoms with E-state index in [1.165, 1.54) is 0 Å². The summed E-state index contributed by atoms with van der Waals surface area (Å²) in [7, 11) is 0. The second-order valence-electron chi connectivity index (χ2n) is 4.50. The Labute approximate surface area is 122 Å². The van der Waals surface area contributed by atoms with Crippen LogP contribution < -0.4 is 10.1 Å². The number of ether oxygens (including phenoxy) is 1. The quantitative estimate of drug-likeness (QED) is 0.651. The number of benzene rings is 1. The van der Waals surface area contributed by atoms with Gasteiger partial charge in [0.05, 0.1) is 11.5 Å². The van der Waals surface area contributed by atoms with Crippen molar-refractivity contribution in [2.45, 2.75) is 20.4 Å². The Morgan fingerprint density at radius 3 is 2.86 bits per heavy atom. The summed E-state index contributed by atoms with van der Waals surface area (Å²) in [6.07, 6.45) is 3.47. The zero-order chi connectivity index (χ0) is 15.2. The summed E-state index contributed by atoms with van der Waals surface area (Å²) in [6, 6.07) is 6.90. The minimum Gasteiger partial charge on any atom is -0.487 e. The van der Waals surface area contributed by atoms with Crippen molar-refractivity contribution in [1.82, 2.24) is 4.98 Å². The number of nitrogens with one attached hydrogen (secondary N) is 1. The van der Waals surface area contributed by atoms with E-state index in [1.807, 2.05) is 13.0 Å². The van der Waals surface area contributed by atoms with E-state index in [9.17, 15) is 10.1 Å². The van der Waals surface area contributed by atoms with Gasteiger partial charge in [-0.2, -0.15) is 0 Å². The van der Waals surface area contributed by atoms with Crippen molar-refractivity contribution >= 4 is 11.4 Å². The van der Waals surface area contributed by atoms with Crippen LogP contribution >= 0.6 is 0 Å². The number of hydrogen-bond donors (Lipinski definition) is 1. The number of anilines is 1. The molecule has 1 aromatic carbocycles. The highest BCUT2D eigenvalue weighted by Crippen LogP contribution is 2.35.